The van der Waals surface area contributed by atoms with Gasteiger partial charge in [0.15, 0.2) is 5.82 Å². The predicted octanol–water partition coefficient (Wildman–Crippen LogP) is 13.6. The van der Waals surface area contributed by atoms with E-state index in [4.69, 9.17) is 9.97 Å². The van der Waals surface area contributed by atoms with E-state index in [1.807, 2.05) is 11.8 Å². The van der Waals surface area contributed by atoms with Gasteiger partial charge in [0, 0.05) is 26.5 Å². The Hall–Kier alpha value is -6.81. The van der Waals surface area contributed by atoms with Gasteiger partial charge in [-0.15, -0.1) is 0 Å². The lowest BCUT2D eigenvalue weighted by Crippen LogP contribution is -2.32. The molecule has 2 nitrogen and oxygen atoms in total. The van der Waals surface area contributed by atoms with Crippen molar-refractivity contribution in [1.82, 2.24) is 9.97 Å². The van der Waals surface area contributed by atoms with Gasteiger partial charge in [-0.3, -0.25) is 0 Å². The van der Waals surface area contributed by atoms with Crippen LogP contribution in [-0.2, 0) is 5.41 Å². The molecule has 1 aliphatic heterocycles. The zero-order valence-corrected chi connectivity index (χ0v) is 31.2. The van der Waals surface area contributed by atoms with Crippen LogP contribution < -0.4 is 0 Å². The van der Waals surface area contributed by atoms with Gasteiger partial charge in [0.05, 0.1) is 16.8 Å². The van der Waals surface area contributed by atoms with E-state index in [1.54, 1.807) is 0 Å². The molecule has 0 radical (unpaired) electrons. The molecule has 8 aromatic carbocycles. The van der Waals surface area contributed by atoms with Gasteiger partial charge in [-0.05, 0) is 92.0 Å². The molecular formula is C53H34N2S. The molecule has 262 valence electrons. The van der Waals surface area contributed by atoms with Gasteiger partial charge in [0.25, 0.3) is 0 Å². The van der Waals surface area contributed by atoms with Crippen LogP contribution in [0.2, 0.25) is 0 Å². The largest absolute Gasteiger partial charge is 0.228 e. The third kappa shape index (κ3) is 5.20. The highest BCUT2D eigenvalue weighted by molar-refractivity contribution is 7.99. The van der Waals surface area contributed by atoms with E-state index < -0.39 is 5.41 Å². The van der Waals surface area contributed by atoms with Gasteiger partial charge in [-0.25, -0.2) is 9.97 Å². The molecule has 0 saturated heterocycles. The molecule has 0 atom stereocenters. The minimum atomic E-state index is -0.477. The smallest absolute Gasteiger partial charge is 0.160 e. The molecule has 0 fully saturated rings. The molecule has 9 aromatic rings. The van der Waals surface area contributed by atoms with Crippen molar-refractivity contribution in [1.29, 1.82) is 0 Å². The van der Waals surface area contributed by atoms with Crippen LogP contribution in [0, 0.1) is 0 Å². The molecule has 0 amide bonds. The van der Waals surface area contributed by atoms with Crippen molar-refractivity contribution in [2.45, 2.75) is 15.2 Å². The van der Waals surface area contributed by atoms with Crippen molar-refractivity contribution in [2.75, 3.05) is 0 Å². The summed E-state index contributed by atoms with van der Waals surface area (Å²) in [4.78, 5) is 13.3. The number of nitrogens with zero attached hydrogens (tertiary/aromatic N) is 2. The summed E-state index contributed by atoms with van der Waals surface area (Å²) in [5.74, 6) is 0.703. The molecule has 1 aliphatic carbocycles. The van der Waals surface area contributed by atoms with Crippen molar-refractivity contribution in [3.63, 3.8) is 0 Å². The van der Waals surface area contributed by atoms with Crippen LogP contribution in [-0.4, -0.2) is 9.97 Å². The first-order valence-corrected chi connectivity index (χ1v) is 19.9. The lowest BCUT2D eigenvalue weighted by atomic mass is 9.67. The Morgan fingerprint density at radius 1 is 0.304 bits per heavy atom. The fourth-order valence-electron chi connectivity index (χ4n) is 8.84. The lowest BCUT2D eigenvalue weighted by Gasteiger charge is -2.39. The second-order valence-electron chi connectivity index (χ2n) is 14.5. The van der Waals surface area contributed by atoms with E-state index in [9.17, 15) is 0 Å². The van der Waals surface area contributed by atoms with Crippen molar-refractivity contribution in [2.24, 2.45) is 0 Å². The quantitative estimate of drug-likeness (QED) is 0.176. The maximum atomic E-state index is 5.39. The predicted molar refractivity (Wildman–Crippen MR) is 231 cm³/mol. The number of fused-ring (bicyclic) bond motifs is 9. The Balaban J connectivity index is 1.14. The molecule has 0 unspecified atom stereocenters. The van der Waals surface area contributed by atoms with Crippen LogP contribution in [0.15, 0.2) is 216 Å². The Kier molecular flexibility index (Phi) is 7.68. The van der Waals surface area contributed by atoms with E-state index in [0.717, 1.165) is 39.2 Å². The molecule has 2 heterocycles. The fraction of sp³-hybridized carbons (Fsp3) is 0.0189. The van der Waals surface area contributed by atoms with Crippen molar-refractivity contribution in [3.05, 3.63) is 229 Å². The van der Waals surface area contributed by atoms with Crippen LogP contribution in [0.1, 0.15) is 22.3 Å². The molecule has 0 bridgehead atoms. The van der Waals surface area contributed by atoms with Gasteiger partial charge in [-0.1, -0.05) is 182 Å². The molecular weight excluding hydrogens is 697 g/mol. The van der Waals surface area contributed by atoms with Gasteiger partial charge in [-0.2, -0.15) is 0 Å². The SMILES string of the molecule is c1ccc(-c2cccc(-c3cc(-c4cccc(-c5ccccc5)c4)nc(-c4ccc5c(c4)C4(c6ccccc6S5)c5ccccc5-c5ccccc54)n3)c2)cc1. The average molecular weight is 731 g/mol. The lowest BCUT2D eigenvalue weighted by molar-refractivity contribution is 0.722. The second kappa shape index (κ2) is 13.2. The first-order valence-electron chi connectivity index (χ1n) is 19.1. The Labute approximate surface area is 331 Å². The standard InChI is InChI=1S/C53H34N2S/c1-3-15-35(16-4-1)37-19-13-21-39(31-37)48-34-49(40-22-14-20-38(32-40)36-17-5-2-6-18-36)55-52(54-48)41-29-30-51-47(33-41)53(46-27-11-12-28-50(46)56-51)44-25-9-7-23-42(44)43-24-8-10-26-45(43)53/h1-34H. The summed E-state index contributed by atoms with van der Waals surface area (Å²) in [7, 11) is 0. The van der Waals surface area contributed by atoms with Crippen LogP contribution in [0.5, 0.6) is 0 Å². The van der Waals surface area contributed by atoms with Crippen molar-refractivity contribution >= 4 is 11.8 Å². The summed E-state index contributed by atoms with van der Waals surface area (Å²) in [5.41, 5.74) is 16.8. The third-order valence-corrected chi connectivity index (χ3v) is 12.5. The molecule has 3 heteroatoms. The third-order valence-electron chi connectivity index (χ3n) is 11.4. The van der Waals surface area contributed by atoms with Crippen molar-refractivity contribution < 1.29 is 0 Å². The second-order valence-corrected chi connectivity index (χ2v) is 15.6. The zero-order valence-electron chi connectivity index (χ0n) is 30.4. The first-order chi connectivity index (χ1) is 27.7. The minimum absolute atomic E-state index is 0.477. The Bertz CT molecular complexity index is 2800. The molecule has 1 aromatic heterocycles. The fourth-order valence-corrected chi connectivity index (χ4v) is 10.0. The van der Waals surface area contributed by atoms with Crippen LogP contribution in [0.4, 0.5) is 0 Å². The van der Waals surface area contributed by atoms with Crippen molar-refractivity contribution in [3.8, 4) is 67.3 Å². The highest BCUT2D eigenvalue weighted by Crippen LogP contribution is 2.62. The number of hydrogen-bond donors (Lipinski definition) is 0. The van der Waals surface area contributed by atoms with Crippen LogP contribution >= 0.6 is 11.8 Å². The van der Waals surface area contributed by atoms with E-state index in [-0.39, 0.29) is 0 Å². The maximum absolute atomic E-state index is 5.39. The van der Waals surface area contributed by atoms with E-state index in [2.05, 4.69) is 206 Å². The maximum Gasteiger partial charge on any atom is 0.160 e. The topological polar surface area (TPSA) is 25.8 Å². The highest BCUT2D eigenvalue weighted by atomic mass is 32.2. The van der Waals surface area contributed by atoms with Gasteiger partial charge in [0.2, 0.25) is 0 Å². The normalized spacial score (nSPS) is 13.1. The van der Waals surface area contributed by atoms with E-state index in [0.29, 0.717) is 5.82 Å². The van der Waals surface area contributed by atoms with Gasteiger partial charge < -0.3 is 0 Å². The number of hydrogen-bond acceptors (Lipinski definition) is 3. The number of benzene rings is 8. The number of rotatable bonds is 5. The van der Waals surface area contributed by atoms with Gasteiger partial charge in [0.1, 0.15) is 0 Å². The monoisotopic (exact) mass is 730 g/mol. The average Bonchev–Trinajstić information content (AvgIpc) is 3.57. The molecule has 1 spiro atoms. The summed E-state index contributed by atoms with van der Waals surface area (Å²) in [6, 6.07) is 74.4. The molecule has 2 aliphatic rings. The number of aromatic nitrogens is 2. The molecule has 0 N–H and O–H groups in total. The Morgan fingerprint density at radius 2 is 0.768 bits per heavy atom. The zero-order chi connectivity index (χ0) is 37.1. The van der Waals surface area contributed by atoms with E-state index >= 15 is 0 Å². The summed E-state index contributed by atoms with van der Waals surface area (Å²) in [5, 5.41) is 0. The first kappa shape index (κ1) is 32.6. The molecule has 0 saturated carbocycles. The Morgan fingerprint density at radius 3 is 1.36 bits per heavy atom. The summed E-state index contributed by atoms with van der Waals surface area (Å²) in [6.07, 6.45) is 0. The van der Waals surface area contributed by atoms with Crippen LogP contribution in [0.3, 0.4) is 0 Å². The van der Waals surface area contributed by atoms with Crippen LogP contribution in [0.25, 0.3) is 67.3 Å². The highest BCUT2D eigenvalue weighted by Gasteiger charge is 2.50. The summed E-state index contributed by atoms with van der Waals surface area (Å²) in [6.45, 7) is 0. The summed E-state index contributed by atoms with van der Waals surface area (Å²) < 4.78 is 0. The summed E-state index contributed by atoms with van der Waals surface area (Å²) >= 11 is 1.85. The molecule has 11 rings (SSSR count). The molecule has 56 heavy (non-hydrogen) atoms. The minimum Gasteiger partial charge on any atom is -0.228 e. The van der Waals surface area contributed by atoms with Gasteiger partial charge >= 0.3 is 0 Å². The van der Waals surface area contributed by atoms with E-state index in [1.165, 1.54) is 54.3 Å².